The van der Waals surface area contributed by atoms with Gasteiger partial charge in [0.25, 0.3) is 5.91 Å². The monoisotopic (exact) mass is 555 g/mol. The van der Waals surface area contributed by atoms with Crippen molar-refractivity contribution in [2.45, 2.75) is 49.3 Å². The number of amides is 3. The number of hydrogen-bond acceptors (Lipinski definition) is 6. The van der Waals surface area contributed by atoms with Crippen LogP contribution in [0.4, 0.5) is 5.69 Å². The molecule has 9 heteroatoms. The van der Waals surface area contributed by atoms with E-state index < -0.39 is 28.7 Å². The highest BCUT2D eigenvalue weighted by Crippen LogP contribution is 2.69. The van der Waals surface area contributed by atoms with E-state index in [9.17, 15) is 19.5 Å². The molecular weight excluding hydrogens is 514 g/mol. The molecule has 2 bridgehead atoms. The quantitative estimate of drug-likeness (QED) is 0.422. The van der Waals surface area contributed by atoms with Crippen LogP contribution >= 0.6 is 11.8 Å². The van der Waals surface area contributed by atoms with Gasteiger partial charge >= 0.3 is 0 Å². The maximum Gasteiger partial charge on any atom is 0.251 e. The van der Waals surface area contributed by atoms with Crippen LogP contribution in [0, 0.1) is 23.7 Å². The molecular formula is C30H41N3O5S. The SMILES string of the molecule is C=CCN(C)C(=O)[C@@H]1[C@@H]2CC(C)C3(S2)C(C(=O)N(CC=C)c2ccc(OC)cc2)N([C@@H](CO)C(C)C)C(=O)[C@H]13. The molecule has 3 aliphatic rings. The minimum Gasteiger partial charge on any atom is -0.497 e. The first-order valence-electron chi connectivity index (χ1n) is 13.6. The number of nitrogens with zero attached hydrogens (tertiary/aromatic N) is 3. The molecule has 1 aromatic rings. The van der Waals surface area contributed by atoms with E-state index in [2.05, 4.69) is 20.1 Å². The summed E-state index contributed by atoms with van der Waals surface area (Å²) < 4.78 is 4.53. The first kappa shape index (κ1) is 29.2. The number of aliphatic hydroxyl groups is 1. The molecule has 4 rings (SSSR count). The highest BCUT2D eigenvalue weighted by molar-refractivity contribution is 8.02. The summed E-state index contributed by atoms with van der Waals surface area (Å²) in [7, 11) is 3.32. The van der Waals surface area contributed by atoms with Crippen LogP contribution in [-0.4, -0.2) is 88.6 Å². The van der Waals surface area contributed by atoms with Crippen molar-refractivity contribution in [3.05, 3.63) is 49.6 Å². The maximum absolute atomic E-state index is 14.7. The van der Waals surface area contributed by atoms with Gasteiger partial charge in [0.1, 0.15) is 11.8 Å². The zero-order valence-corrected chi connectivity index (χ0v) is 24.4. The molecule has 1 aromatic carbocycles. The number of benzene rings is 1. The predicted octanol–water partition coefficient (Wildman–Crippen LogP) is 3.21. The summed E-state index contributed by atoms with van der Waals surface area (Å²) in [5.74, 6) is -1.07. The second-order valence-electron chi connectivity index (χ2n) is 11.2. The molecule has 3 aliphatic heterocycles. The van der Waals surface area contributed by atoms with Crippen molar-refractivity contribution in [1.82, 2.24) is 9.80 Å². The van der Waals surface area contributed by atoms with Crippen LogP contribution < -0.4 is 9.64 Å². The first-order valence-corrected chi connectivity index (χ1v) is 14.5. The predicted molar refractivity (Wildman–Crippen MR) is 155 cm³/mol. The average Bonchev–Trinajstić information content (AvgIpc) is 3.51. The smallest absolute Gasteiger partial charge is 0.251 e. The van der Waals surface area contributed by atoms with Crippen molar-refractivity contribution < 1.29 is 24.2 Å². The Morgan fingerprint density at radius 1 is 1.21 bits per heavy atom. The molecule has 0 saturated carbocycles. The Morgan fingerprint density at radius 2 is 1.85 bits per heavy atom. The molecule has 39 heavy (non-hydrogen) atoms. The number of fused-ring (bicyclic) bond motifs is 1. The summed E-state index contributed by atoms with van der Waals surface area (Å²) in [6, 6.07) is 5.85. The van der Waals surface area contributed by atoms with E-state index in [0.29, 0.717) is 18.0 Å². The van der Waals surface area contributed by atoms with Crippen molar-refractivity contribution in [1.29, 1.82) is 0 Å². The Bertz CT molecular complexity index is 1120. The summed E-state index contributed by atoms with van der Waals surface area (Å²) >= 11 is 1.64. The Labute approximate surface area is 236 Å². The van der Waals surface area contributed by atoms with Crippen LogP contribution in [0.5, 0.6) is 5.75 Å². The van der Waals surface area contributed by atoms with E-state index in [0.717, 1.165) is 6.42 Å². The van der Waals surface area contributed by atoms with Crippen LogP contribution in [0.25, 0.3) is 0 Å². The molecule has 1 spiro atoms. The third kappa shape index (κ3) is 4.57. The van der Waals surface area contributed by atoms with Crippen LogP contribution in [0.3, 0.4) is 0 Å². The van der Waals surface area contributed by atoms with Crippen LogP contribution in [0.2, 0.25) is 0 Å². The fourth-order valence-corrected chi connectivity index (χ4v) is 9.29. The number of methoxy groups -OCH3 is 1. The van der Waals surface area contributed by atoms with Gasteiger partial charge in [0, 0.05) is 31.1 Å². The molecule has 3 saturated heterocycles. The van der Waals surface area contributed by atoms with Gasteiger partial charge in [-0.15, -0.1) is 24.9 Å². The number of carbonyl (C=O) groups is 3. The fourth-order valence-electron chi connectivity index (χ4n) is 6.90. The van der Waals surface area contributed by atoms with E-state index in [-0.39, 0.29) is 48.0 Å². The Morgan fingerprint density at radius 3 is 2.38 bits per heavy atom. The number of aliphatic hydroxyl groups excluding tert-OH is 1. The average molecular weight is 556 g/mol. The molecule has 212 valence electrons. The van der Waals surface area contributed by atoms with Crippen molar-refractivity contribution in [3.63, 3.8) is 0 Å². The van der Waals surface area contributed by atoms with Gasteiger partial charge in [-0.25, -0.2) is 0 Å². The number of ether oxygens (including phenoxy) is 1. The van der Waals surface area contributed by atoms with Gasteiger partial charge in [0.05, 0.1) is 36.3 Å². The third-order valence-electron chi connectivity index (χ3n) is 8.76. The highest BCUT2D eigenvalue weighted by atomic mass is 32.2. The Balaban J connectivity index is 1.85. The normalized spacial score (nSPS) is 29.8. The standard InChI is InChI=1S/C30H41N3O5S/c1-8-14-31(6)27(35)24-23-16-19(5)30(39-23)25(24)28(36)33(22(17-34)18(3)4)26(30)29(37)32(15-9-2)20-10-12-21(38-7)13-11-20/h8-13,18-19,22-26,34H,1-2,14-17H2,3-7H3/t19?,22-,23-,24+,25-,26?,30?/m0/s1. The lowest BCUT2D eigenvalue weighted by molar-refractivity contribution is -0.145. The molecule has 3 unspecified atom stereocenters. The second kappa shape index (κ2) is 11.4. The molecule has 1 N–H and O–H groups in total. The molecule has 8 nitrogen and oxygen atoms in total. The Hall–Kier alpha value is -2.78. The summed E-state index contributed by atoms with van der Waals surface area (Å²) in [6.45, 7) is 14.0. The summed E-state index contributed by atoms with van der Waals surface area (Å²) in [5, 5.41) is 10.4. The van der Waals surface area contributed by atoms with Crippen LogP contribution in [-0.2, 0) is 14.4 Å². The molecule has 0 radical (unpaired) electrons. The first-order chi connectivity index (χ1) is 18.6. The van der Waals surface area contributed by atoms with Gasteiger partial charge in [-0.3, -0.25) is 14.4 Å². The molecule has 0 aromatic heterocycles. The maximum atomic E-state index is 14.7. The topological polar surface area (TPSA) is 90.4 Å². The Kier molecular flexibility index (Phi) is 8.52. The lowest BCUT2D eigenvalue weighted by Gasteiger charge is -2.42. The van der Waals surface area contributed by atoms with E-state index >= 15 is 0 Å². The number of rotatable bonds is 11. The van der Waals surface area contributed by atoms with E-state index in [1.807, 2.05) is 26.0 Å². The van der Waals surface area contributed by atoms with E-state index in [1.165, 1.54) is 0 Å². The van der Waals surface area contributed by atoms with Crippen LogP contribution in [0.15, 0.2) is 49.6 Å². The van der Waals surface area contributed by atoms with Gasteiger partial charge < -0.3 is 24.5 Å². The highest BCUT2D eigenvalue weighted by Gasteiger charge is 2.77. The molecule has 3 fully saturated rings. The van der Waals surface area contributed by atoms with Gasteiger partial charge in [0.15, 0.2) is 0 Å². The van der Waals surface area contributed by atoms with E-state index in [1.54, 1.807) is 64.9 Å². The zero-order chi connectivity index (χ0) is 28.6. The lowest BCUT2D eigenvalue weighted by Crippen LogP contribution is -2.60. The molecule has 3 amide bonds. The van der Waals surface area contributed by atoms with Gasteiger partial charge in [-0.1, -0.05) is 32.9 Å². The minimum absolute atomic E-state index is 0.0297. The third-order valence-corrected chi connectivity index (χ3v) is 10.8. The fraction of sp³-hybridized carbons (Fsp3) is 0.567. The van der Waals surface area contributed by atoms with Gasteiger partial charge in [-0.05, 0) is 42.5 Å². The van der Waals surface area contributed by atoms with Crippen LogP contribution in [0.1, 0.15) is 27.2 Å². The molecule has 7 atom stereocenters. The van der Waals surface area contributed by atoms with Gasteiger partial charge in [0.2, 0.25) is 11.8 Å². The number of likely N-dealkylation sites (tertiary alicyclic amines) is 1. The van der Waals surface area contributed by atoms with Gasteiger partial charge in [-0.2, -0.15) is 0 Å². The van der Waals surface area contributed by atoms with Crippen molar-refractivity contribution in [2.24, 2.45) is 23.7 Å². The lowest BCUT2D eigenvalue weighted by atomic mass is 9.65. The summed E-state index contributed by atoms with van der Waals surface area (Å²) in [6.07, 6.45) is 4.10. The second-order valence-corrected chi connectivity index (χ2v) is 12.8. The number of anilines is 1. The van der Waals surface area contributed by atoms with Crippen molar-refractivity contribution in [3.8, 4) is 5.75 Å². The van der Waals surface area contributed by atoms with Crippen molar-refractivity contribution >= 4 is 35.2 Å². The summed E-state index contributed by atoms with van der Waals surface area (Å²) in [4.78, 5) is 47.8. The number of hydrogen-bond donors (Lipinski definition) is 1. The molecule has 3 heterocycles. The van der Waals surface area contributed by atoms with E-state index in [4.69, 9.17) is 4.74 Å². The number of likely N-dealkylation sites (N-methyl/N-ethyl adjacent to an activating group) is 1. The van der Waals surface area contributed by atoms with Crippen molar-refractivity contribution in [2.75, 3.05) is 38.8 Å². The molecule has 0 aliphatic carbocycles. The minimum atomic E-state index is -0.830. The zero-order valence-electron chi connectivity index (χ0n) is 23.6. The largest absolute Gasteiger partial charge is 0.497 e. The number of carbonyl (C=O) groups excluding carboxylic acids is 3. The summed E-state index contributed by atoms with van der Waals surface area (Å²) in [5.41, 5.74) is 0.668. The number of thioether (sulfide) groups is 1.